The highest BCUT2D eigenvalue weighted by atomic mass is 31.2. The maximum Gasteiger partial charge on any atom is 0.340 e. The van der Waals surface area contributed by atoms with E-state index in [9.17, 15) is 52.2 Å². The van der Waals surface area contributed by atoms with Crippen molar-refractivity contribution in [1.29, 1.82) is 0 Å². The summed E-state index contributed by atoms with van der Waals surface area (Å²) in [4.78, 5) is 95.4. The molecule has 0 bridgehead atoms. The lowest BCUT2D eigenvalue weighted by atomic mass is 9.76. The van der Waals surface area contributed by atoms with Crippen LogP contribution in [0.4, 0.5) is 0 Å². The highest BCUT2D eigenvalue weighted by Gasteiger charge is 2.50. The summed E-state index contributed by atoms with van der Waals surface area (Å²) < 4.78 is 58.3. The molecule has 1 aromatic carbocycles. The Hall–Kier alpha value is -0.990. The lowest BCUT2D eigenvalue weighted by Crippen LogP contribution is -2.37. The van der Waals surface area contributed by atoms with Crippen molar-refractivity contribution in [3.63, 3.8) is 0 Å². The van der Waals surface area contributed by atoms with Crippen LogP contribution in [0.15, 0.2) is 54.6 Å². The average molecular weight is 1360 g/mol. The van der Waals surface area contributed by atoms with Crippen molar-refractivity contribution in [2.75, 3.05) is 0 Å². The maximum atomic E-state index is 12.4. The zero-order chi connectivity index (χ0) is 68.2. The molecule has 0 amide bonds. The molecule has 15 nitrogen and oxygen atoms in total. The molecular formula is C69H135O15P5. The maximum absolute atomic E-state index is 12.4. The topological polar surface area (TPSA) is 288 Å². The summed E-state index contributed by atoms with van der Waals surface area (Å²) in [6.07, 6.45) is 46.9. The Kier molecular flexibility index (Phi) is 57.2. The summed E-state index contributed by atoms with van der Waals surface area (Å²) in [6, 6.07) is 9.10. The first kappa shape index (κ1) is 92.2. The lowest BCUT2D eigenvalue weighted by Gasteiger charge is -2.41. The number of unbranched alkanes of at least 4 members (excludes halogenated alkanes) is 19. The SMILES string of the molecule is CC/C=C/C(CCCCCC)(C1CCCCC1)P(=O)(O)O.CC/C=C/C(CCCCCC)P(=O)(O)O.CCC#CC(CCCCCC)P(=O)(O)O.CCCCCCC(CCCCC)(CCCCC)P(=O)(O)O.CCCCCCC(c1ccccc1)P(=O)(O)O. The van der Waals surface area contributed by atoms with Crippen LogP contribution < -0.4 is 0 Å². The molecule has 1 saturated carbocycles. The second kappa shape index (κ2) is 55.2. The monoisotopic (exact) mass is 1360 g/mol. The van der Waals surface area contributed by atoms with Crippen molar-refractivity contribution in [3.8, 4) is 11.8 Å². The van der Waals surface area contributed by atoms with Crippen LogP contribution in [0.3, 0.4) is 0 Å². The molecule has 0 radical (unpaired) electrons. The fourth-order valence-electron chi connectivity index (χ4n) is 11.5. The van der Waals surface area contributed by atoms with Gasteiger partial charge in [0.2, 0.25) is 0 Å². The molecule has 0 aliphatic heterocycles. The molecule has 0 aromatic heterocycles. The minimum absolute atomic E-state index is 0.150. The van der Waals surface area contributed by atoms with Crippen LogP contribution >= 0.6 is 38.0 Å². The zero-order valence-corrected chi connectivity index (χ0v) is 62.2. The standard InChI is InChI=1S/C17H33O3P.C17H37O3P.C13H21O3P.C11H23O3P.C11H21O3P/c1-3-5-7-11-15-17(14-6-4-2,21(18,19)20)16-12-9-8-10-13-16;1-4-7-10-13-16-17(21(18,19)20,14-11-8-5-2)15-12-9-6-3;1-2-3-4-8-11-13(17(14,15)16)12-9-6-5-7-10-12;2*1-3-5-7-8-10-11(9-6-4-2)15(12,13)14/h6,14,16H,3-5,7-13,15H2,1-2H3,(H2,18,19,20);4-16H2,1-3H3,(H2,18,19,20);5-7,9-10,13H,2-4,8,11H2,1H3,(H2,14,15,16);6,9,11H,3-5,7-8,10H2,1-2H3,(H2,12,13,14);11H,3-5,7-8,10H2,1-2H3,(H2,12,13,14)/b14-6+;;;9-6+;. The molecule has 0 spiro atoms. The van der Waals surface area contributed by atoms with Gasteiger partial charge in [-0.2, -0.15) is 0 Å². The van der Waals surface area contributed by atoms with Gasteiger partial charge in [-0.1, -0.05) is 316 Å². The molecule has 1 aliphatic carbocycles. The minimum Gasteiger partial charge on any atom is -0.324 e. The highest BCUT2D eigenvalue weighted by Crippen LogP contribution is 2.62. The molecule has 20 heteroatoms. The molecular weight excluding hydrogens is 1220 g/mol. The van der Waals surface area contributed by atoms with Gasteiger partial charge in [-0.05, 0) is 82.1 Å². The first-order chi connectivity index (χ1) is 42.0. The van der Waals surface area contributed by atoms with Crippen molar-refractivity contribution < 1.29 is 71.8 Å². The summed E-state index contributed by atoms with van der Waals surface area (Å²) in [5.74, 6) is 5.58. The van der Waals surface area contributed by atoms with Crippen LogP contribution in [0, 0.1) is 17.8 Å². The Labute approximate surface area is 544 Å². The summed E-state index contributed by atoms with van der Waals surface area (Å²) in [5.41, 5.74) is -1.22. The molecule has 4 atom stereocenters. The van der Waals surface area contributed by atoms with E-state index in [1.165, 1.54) is 12.8 Å². The Balaban J connectivity index is -0.00000105. The predicted octanol–water partition coefficient (Wildman–Crippen LogP) is 21.7. The van der Waals surface area contributed by atoms with E-state index in [-0.39, 0.29) is 5.92 Å². The second-order valence-corrected chi connectivity index (χ2v) is 34.2. The minimum atomic E-state index is -4.14. The number of hydrogen-bond acceptors (Lipinski definition) is 5. The van der Waals surface area contributed by atoms with E-state index in [0.29, 0.717) is 51.4 Å². The summed E-state index contributed by atoms with van der Waals surface area (Å²) in [7, 11) is -20.2. The Morgan fingerprint density at radius 1 is 0.449 bits per heavy atom. The van der Waals surface area contributed by atoms with Gasteiger partial charge in [-0.3, -0.25) is 22.8 Å². The molecule has 2 rings (SSSR count). The van der Waals surface area contributed by atoms with Gasteiger partial charge in [-0.15, -0.1) is 5.92 Å². The van der Waals surface area contributed by atoms with Gasteiger partial charge in [0.15, 0.2) is 0 Å². The third-order valence-corrected chi connectivity index (χ3v) is 24.6. The van der Waals surface area contributed by atoms with Crippen LogP contribution in [0.25, 0.3) is 0 Å². The largest absolute Gasteiger partial charge is 0.340 e. The third kappa shape index (κ3) is 45.2. The van der Waals surface area contributed by atoms with E-state index in [0.717, 1.165) is 205 Å². The molecule has 1 fully saturated rings. The summed E-state index contributed by atoms with van der Waals surface area (Å²) >= 11 is 0. The number of rotatable bonds is 44. The van der Waals surface area contributed by atoms with Crippen molar-refractivity contribution in [1.82, 2.24) is 0 Å². The number of benzene rings is 1. The second-order valence-electron chi connectivity index (χ2n) is 24.8. The predicted molar refractivity (Wildman–Crippen MR) is 378 cm³/mol. The van der Waals surface area contributed by atoms with E-state index >= 15 is 0 Å². The highest BCUT2D eigenvalue weighted by molar-refractivity contribution is 7.54. The molecule has 1 aromatic rings. The Morgan fingerprint density at radius 3 is 1.24 bits per heavy atom. The van der Waals surface area contributed by atoms with E-state index in [4.69, 9.17) is 19.6 Å². The fourth-order valence-corrected chi connectivity index (χ4v) is 17.0. The average Bonchev–Trinajstić information content (AvgIpc) is 1.13. The Bertz CT molecular complexity index is 2170. The molecule has 0 heterocycles. The van der Waals surface area contributed by atoms with Gasteiger partial charge < -0.3 is 48.9 Å². The van der Waals surface area contributed by atoms with Gasteiger partial charge in [0, 0.05) is 6.42 Å². The van der Waals surface area contributed by atoms with Gasteiger partial charge in [0.05, 0.1) is 21.6 Å². The van der Waals surface area contributed by atoms with E-state index in [2.05, 4.69) is 60.3 Å². The van der Waals surface area contributed by atoms with Crippen molar-refractivity contribution >= 4 is 38.0 Å². The molecule has 10 N–H and O–H groups in total. The van der Waals surface area contributed by atoms with Crippen LogP contribution in [-0.4, -0.2) is 70.6 Å². The van der Waals surface area contributed by atoms with E-state index < -0.39 is 65.3 Å². The van der Waals surface area contributed by atoms with Crippen LogP contribution in [0.5, 0.6) is 0 Å². The molecule has 0 saturated heterocycles. The van der Waals surface area contributed by atoms with Gasteiger partial charge >= 0.3 is 38.0 Å². The van der Waals surface area contributed by atoms with E-state index in [1.807, 2.05) is 57.2 Å². The normalized spacial score (nSPS) is 15.2. The smallest absolute Gasteiger partial charge is 0.324 e. The summed E-state index contributed by atoms with van der Waals surface area (Å²) in [6.45, 7) is 20.8. The van der Waals surface area contributed by atoms with Crippen molar-refractivity contribution in [3.05, 3.63) is 60.2 Å². The first-order valence-electron chi connectivity index (χ1n) is 35.1. The zero-order valence-electron chi connectivity index (χ0n) is 57.7. The van der Waals surface area contributed by atoms with Gasteiger partial charge in [0.25, 0.3) is 0 Å². The first-order valence-corrected chi connectivity index (χ1v) is 43.4. The van der Waals surface area contributed by atoms with Gasteiger partial charge in [0.1, 0.15) is 5.66 Å². The van der Waals surface area contributed by atoms with Crippen LogP contribution in [-0.2, 0) is 22.8 Å². The van der Waals surface area contributed by atoms with Crippen molar-refractivity contribution in [2.45, 2.75) is 360 Å². The third-order valence-electron chi connectivity index (χ3n) is 17.0. The number of hydrogen-bond donors (Lipinski definition) is 10. The lowest BCUT2D eigenvalue weighted by molar-refractivity contribution is 0.238. The van der Waals surface area contributed by atoms with E-state index in [1.54, 1.807) is 18.2 Å². The van der Waals surface area contributed by atoms with Crippen LogP contribution in [0.1, 0.15) is 344 Å². The Morgan fingerprint density at radius 2 is 0.854 bits per heavy atom. The molecule has 1 aliphatic rings. The van der Waals surface area contributed by atoms with Gasteiger partial charge in [-0.25, -0.2) is 0 Å². The molecule has 89 heavy (non-hydrogen) atoms. The number of allylic oxidation sites excluding steroid dienone is 4. The quantitative estimate of drug-likeness (QED) is 0.0126. The fraction of sp³-hybridized carbons (Fsp3) is 0.826. The van der Waals surface area contributed by atoms with Crippen molar-refractivity contribution in [2.24, 2.45) is 5.92 Å². The van der Waals surface area contributed by atoms with Crippen LogP contribution in [0.2, 0.25) is 0 Å². The summed E-state index contributed by atoms with van der Waals surface area (Å²) in [5, 5.41) is -1.65. The molecule has 526 valence electrons. The molecule has 4 unspecified atom stereocenters.